The number of benzene rings is 1. The van der Waals surface area contributed by atoms with Gasteiger partial charge in [0.15, 0.2) is 0 Å². The molecule has 0 radical (unpaired) electrons. The van der Waals surface area contributed by atoms with Gasteiger partial charge in [0.05, 0.1) is 12.7 Å². The van der Waals surface area contributed by atoms with Crippen molar-refractivity contribution in [2.75, 3.05) is 25.1 Å². The zero-order chi connectivity index (χ0) is 20.3. The van der Waals surface area contributed by atoms with Gasteiger partial charge in [-0.05, 0) is 62.8 Å². The van der Waals surface area contributed by atoms with Crippen molar-refractivity contribution >= 4 is 46.1 Å². The zero-order valence-electron chi connectivity index (χ0n) is 16.4. The molecule has 0 fully saturated rings. The molecule has 0 bridgehead atoms. The standard InChI is InChI=1S/C22H23NO4S/c1-5-23(6-2)15-7-10-17-14(3)18(21(24)27-19(17)13-15)11-8-16-9-12-20(28-16)22(25)26-4/h7-13H,5-6H2,1-4H3/b11-8+. The molecule has 6 heteroatoms. The summed E-state index contributed by atoms with van der Waals surface area (Å²) in [5.74, 6) is -0.366. The third-order valence-corrected chi connectivity index (χ3v) is 5.78. The number of ether oxygens (including phenoxy) is 1. The number of hydrogen-bond acceptors (Lipinski definition) is 6. The smallest absolute Gasteiger partial charge is 0.348 e. The second-order valence-electron chi connectivity index (χ2n) is 6.31. The minimum Gasteiger partial charge on any atom is -0.465 e. The molecular weight excluding hydrogens is 374 g/mol. The van der Waals surface area contributed by atoms with Crippen LogP contribution in [0.1, 0.15) is 39.5 Å². The molecule has 0 atom stereocenters. The minimum absolute atomic E-state index is 0.366. The Morgan fingerprint density at radius 2 is 1.93 bits per heavy atom. The van der Waals surface area contributed by atoms with Gasteiger partial charge >= 0.3 is 11.6 Å². The van der Waals surface area contributed by atoms with Crippen LogP contribution in [0.5, 0.6) is 0 Å². The Morgan fingerprint density at radius 1 is 1.18 bits per heavy atom. The molecule has 28 heavy (non-hydrogen) atoms. The Kier molecular flexibility index (Phi) is 5.99. The van der Waals surface area contributed by atoms with E-state index in [1.165, 1.54) is 18.4 Å². The molecule has 2 aromatic heterocycles. The largest absolute Gasteiger partial charge is 0.465 e. The summed E-state index contributed by atoms with van der Waals surface area (Å²) in [6.07, 6.45) is 3.55. The van der Waals surface area contributed by atoms with E-state index in [-0.39, 0.29) is 11.6 Å². The fourth-order valence-electron chi connectivity index (χ4n) is 3.15. The number of nitrogens with zero attached hydrogens (tertiary/aromatic N) is 1. The fourth-order valence-corrected chi connectivity index (χ4v) is 3.98. The normalized spacial score (nSPS) is 11.3. The summed E-state index contributed by atoms with van der Waals surface area (Å²) in [7, 11) is 1.35. The molecule has 3 rings (SSSR count). The van der Waals surface area contributed by atoms with Crippen LogP contribution < -0.4 is 10.5 Å². The molecule has 5 nitrogen and oxygen atoms in total. The van der Waals surface area contributed by atoms with E-state index in [1.54, 1.807) is 12.1 Å². The molecule has 0 aliphatic heterocycles. The van der Waals surface area contributed by atoms with Gasteiger partial charge in [0.25, 0.3) is 0 Å². The maximum atomic E-state index is 12.6. The maximum absolute atomic E-state index is 12.6. The van der Waals surface area contributed by atoms with E-state index in [4.69, 9.17) is 9.15 Å². The Balaban J connectivity index is 1.98. The minimum atomic E-state index is -0.373. The van der Waals surface area contributed by atoms with E-state index in [2.05, 4.69) is 24.8 Å². The van der Waals surface area contributed by atoms with E-state index in [1.807, 2.05) is 31.2 Å². The maximum Gasteiger partial charge on any atom is 0.348 e. The van der Waals surface area contributed by atoms with Gasteiger partial charge in [-0.2, -0.15) is 0 Å². The third-order valence-electron chi connectivity index (χ3n) is 4.75. The van der Waals surface area contributed by atoms with Crippen LogP contribution in [0, 0.1) is 6.92 Å². The lowest BCUT2D eigenvalue weighted by Crippen LogP contribution is -2.21. The number of methoxy groups -OCH3 is 1. The molecule has 2 heterocycles. The van der Waals surface area contributed by atoms with Gasteiger partial charge in [-0.1, -0.05) is 0 Å². The van der Waals surface area contributed by atoms with Crippen molar-refractivity contribution < 1.29 is 13.9 Å². The number of thiophene rings is 1. The van der Waals surface area contributed by atoms with Crippen molar-refractivity contribution in [1.82, 2.24) is 0 Å². The van der Waals surface area contributed by atoms with Crippen molar-refractivity contribution in [3.63, 3.8) is 0 Å². The molecule has 0 saturated carbocycles. The van der Waals surface area contributed by atoms with Crippen molar-refractivity contribution in [1.29, 1.82) is 0 Å². The Bertz CT molecular complexity index is 1090. The summed E-state index contributed by atoms with van der Waals surface area (Å²) in [4.78, 5) is 27.7. The first-order chi connectivity index (χ1) is 13.5. The van der Waals surface area contributed by atoms with Gasteiger partial charge in [0.1, 0.15) is 10.5 Å². The molecule has 0 saturated heterocycles. The molecule has 0 N–H and O–H groups in total. The predicted molar refractivity (Wildman–Crippen MR) is 115 cm³/mol. The van der Waals surface area contributed by atoms with E-state index in [0.717, 1.165) is 34.6 Å². The van der Waals surface area contributed by atoms with Gasteiger partial charge in [-0.25, -0.2) is 9.59 Å². The van der Waals surface area contributed by atoms with Crippen molar-refractivity contribution in [2.24, 2.45) is 0 Å². The van der Waals surface area contributed by atoms with Crippen LogP contribution in [-0.2, 0) is 4.74 Å². The number of esters is 1. The lowest BCUT2D eigenvalue weighted by Gasteiger charge is -2.21. The molecule has 0 amide bonds. The number of fused-ring (bicyclic) bond motifs is 1. The summed E-state index contributed by atoms with van der Waals surface area (Å²) in [6, 6.07) is 9.51. The molecule has 3 aromatic rings. The summed E-state index contributed by atoms with van der Waals surface area (Å²) < 4.78 is 10.3. The van der Waals surface area contributed by atoms with Crippen molar-refractivity contribution in [3.05, 3.63) is 61.6 Å². The zero-order valence-corrected chi connectivity index (χ0v) is 17.3. The molecule has 0 spiro atoms. The lowest BCUT2D eigenvalue weighted by molar-refractivity contribution is 0.0606. The van der Waals surface area contributed by atoms with E-state index in [9.17, 15) is 9.59 Å². The van der Waals surface area contributed by atoms with E-state index >= 15 is 0 Å². The number of anilines is 1. The second kappa shape index (κ2) is 8.44. The Morgan fingerprint density at radius 3 is 2.61 bits per heavy atom. The monoisotopic (exact) mass is 397 g/mol. The number of hydrogen-bond donors (Lipinski definition) is 0. The van der Waals surface area contributed by atoms with Gasteiger partial charge in [-0.15, -0.1) is 11.3 Å². The van der Waals surface area contributed by atoms with Crippen LogP contribution in [0.15, 0.2) is 39.5 Å². The summed E-state index contributed by atoms with van der Waals surface area (Å²) >= 11 is 1.31. The highest BCUT2D eigenvalue weighted by Crippen LogP contribution is 2.26. The van der Waals surface area contributed by atoms with Crippen molar-refractivity contribution in [3.8, 4) is 0 Å². The van der Waals surface area contributed by atoms with Crippen molar-refractivity contribution in [2.45, 2.75) is 20.8 Å². The Labute approximate surface area is 167 Å². The summed E-state index contributed by atoms with van der Waals surface area (Å²) in [5, 5.41) is 0.914. The molecule has 1 aromatic carbocycles. The van der Waals surface area contributed by atoms with Crippen LogP contribution in [0.4, 0.5) is 5.69 Å². The average molecular weight is 397 g/mol. The molecule has 0 aliphatic rings. The van der Waals surface area contributed by atoms with Crippen LogP contribution in [0.3, 0.4) is 0 Å². The molecule has 146 valence electrons. The number of carbonyl (C=O) groups is 1. The highest BCUT2D eigenvalue weighted by Gasteiger charge is 2.12. The second-order valence-corrected chi connectivity index (χ2v) is 7.42. The van der Waals surface area contributed by atoms with Crippen LogP contribution in [0.25, 0.3) is 23.1 Å². The van der Waals surface area contributed by atoms with Crippen LogP contribution >= 0.6 is 11.3 Å². The Hall–Kier alpha value is -2.86. The SMILES string of the molecule is CCN(CC)c1ccc2c(C)c(/C=C/c3ccc(C(=O)OC)s3)c(=O)oc2c1. The highest BCUT2D eigenvalue weighted by molar-refractivity contribution is 7.14. The lowest BCUT2D eigenvalue weighted by atomic mass is 10.0. The number of aryl methyl sites for hydroxylation is 1. The number of rotatable bonds is 6. The fraction of sp³-hybridized carbons (Fsp3) is 0.273. The molecule has 0 unspecified atom stereocenters. The first kappa shape index (κ1) is 19.9. The van der Waals surface area contributed by atoms with Gasteiger partial charge < -0.3 is 14.1 Å². The first-order valence-corrected chi connectivity index (χ1v) is 9.98. The van der Waals surface area contributed by atoms with Gasteiger partial charge in [-0.3, -0.25) is 0 Å². The molecular formula is C22H23NO4S. The third kappa shape index (κ3) is 3.87. The summed E-state index contributed by atoms with van der Waals surface area (Å²) in [6.45, 7) is 7.89. The van der Waals surface area contributed by atoms with Gasteiger partial charge in [0.2, 0.25) is 0 Å². The summed E-state index contributed by atoms with van der Waals surface area (Å²) in [5.41, 5.74) is 2.64. The van der Waals surface area contributed by atoms with E-state index < -0.39 is 0 Å². The van der Waals surface area contributed by atoms with E-state index in [0.29, 0.717) is 16.0 Å². The average Bonchev–Trinajstić information content (AvgIpc) is 3.17. The number of carbonyl (C=O) groups excluding carboxylic acids is 1. The molecule has 0 aliphatic carbocycles. The quantitative estimate of drug-likeness (QED) is 0.434. The highest BCUT2D eigenvalue weighted by atomic mass is 32.1. The first-order valence-electron chi connectivity index (χ1n) is 9.17. The van der Waals surface area contributed by atoms with Crippen LogP contribution in [0.2, 0.25) is 0 Å². The topological polar surface area (TPSA) is 59.8 Å². The van der Waals surface area contributed by atoms with Crippen LogP contribution in [-0.4, -0.2) is 26.2 Å². The predicted octanol–water partition coefficient (Wildman–Crippen LogP) is 4.97. The van der Waals surface area contributed by atoms with Gasteiger partial charge in [0, 0.05) is 35.1 Å².